The van der Waals surface area contributed by atoms with Crippen molar-refractivity contribution in [2.75, 3.05) is 18.1 Å². The lowest BCUT2D eigenvalue weighted by Gasteiger charge is -2.35. The second kappa shape index (κ2) is 5.05. The van der Waals surface area contributed by atoms with Gasteiger partial charge in [-0.15, -0.1) is 0 Å². The summed E-state index contributed by atoms with van der Waals surface area (Å²) in [6, 6.07) is 8.47. The molecule has 2 aromatic rings. The first kappa shape index (κ1) is 12.2. The van der Waals surface area contributed by atoms with Gasteiger partial charge in [-0.3, -0.25) is 5.10 Å². The van der Waals surface area contributed by atoms with Gasteiger partial charge in [0.15, 0.2) is 0 Å². The second-order valence-electron chi connectivity index (χ2n) is 5.28. The van der Waals surface area contributed by atoms with Crippen LogP contribution >= 0.6 is 0 Å². The van der Waals surface area contributed by atoms with Crippen molar-refractivity contribution in [2.24, 2.45) is 5.92 Å². The Kier molecular flexibility index (Phi) is 3.25. The molecular weight excluding hydrogens is 238 g/mol. The zero-order valence-corrected chi connectivity index (χ0v) is 11.1. The van der Waals surface area contributed by atoms with Gasteiger partial charge in [-0.2, -0.15) is 5.10 Å². The molecule has 1 atom stereocenters. The first-order chi connectivity index (χ1) is 9.28. The number of fused-ring (bicyclic) bond motifs is 1. The van der Waals surface area contributed by atoms with Crippen molar-refractivity contribution in [3.05, 3.63) is 47.3 Å². The van der Waals surface area contributed by atoms with Gasteiger partial charge in [0.05, 0.1) is 6.20 Å². The number of rotatable bonds is 3. The molecule has 0 amide bonds. The molecule has 2 heterocycles. The number of aromatic nitrogens is 2. The number of benzene rings is 1. The summed E-state index contributed by atoms with van der Waals surface area (Å²) >= 11 is 0. The quantitative estimate of drug-likeness (QED) is 0.883. The predicted molar refractivity (Wildman–Crippen MR) is 75.1 cm³/mol. The number of anilines is 1. The Labute approximate surface area is 113 Å². The van der Waals surface area contributed by atoms with Crippen LogP contribution in [-0.2, 0) is 13.0 Å². The van der Waals surface area contributed by atoms with E-state index in [1.165, 1.54) is 16.8 Å². The lowest BCUT2D eigenvalue weighted by molar-refractivity contribution is 0.223. The lowest BCUT2D eigenvalue weighted by atomic mass is 9.93. The zero-order chi connectivity index (χ0) is 13.2. The van der Waals surface area contributed by atoms with Crippen LogP contribution < -0.4 is 4.90 Å². The summed E-state index contributed by atoms with van der Waals surface area (Å²) in [7, 11) is 0. The number of nitrogens with one attached hydrogen (secondary N) is 1. The molecule has 0 saturated heterocycles. The van der Waals surface area contributed by atoms with Crippen LogP contribution in [0.1, 0.15) is 16.8 Å². The Bertz CT molecular complexity index is 564. The summed E-state index contributed by atoms with van der Waals surface area (Å²) in [5.41, 5.74) is 4.94. The molecule has 0 fully saturated rings. The number of aromatic amines is 1. The number of aryl methyl sites for hydroxylation is 1. The second-order valence-corrected chi connectivity index (χ2v) is 5.28. The number of aliphatic hydroxyl groups excluding tert-OH is 1. The van der Waals surface area contributed by atoms with Gasteiger partial charge in [-0.25, -0.2) is 0 Å². The van der Waals surface area contributed by atoms with Crippen LogP contribution in [0.3, 0.4) is 0 Å². The third kappa shape index (κ3) is 2.36. The van der Waals surface area contributed by atoms with Crippen molar-refractivity contribution >= 4 is 5.69 Å². The Morgan fingerprint density at radius 1 is 1.42 bits per heavy atom. The topological polar surface area (TPSA) is 52.2 Å². The molecule has 0 saturated carbocycles. The Hall–Kier alpha value is -1.81. The number of H-pyrrole nitrogens is 1. The van der Waals surface area contributed by atoms with E-state index in [4.69, 9.17) is 0 Å². The maximum absolute atomic E-state index is 9.47. The highest BCUT2D eigenvalue weighted by Crippen LogP contribution is 2.30. The highest BCUT2D eigenvalue weighted by molar-refractivity contribution is 5.56. The SMILES string of the molecule is Cc1[nH]ncc1CN1CC(CO)Cc2ccccc21. The van der Waals surface area contributed by atoms with Crippen LogP contribution in [0.2, 0.25) is 0 Å². The van der Waals surface area contributed by atoms with Crippen molar-refractivity contribution in [1.82, 2.24) is 10.2 Å². The minimum atomic E-state index is 0.245. The number of aliphatic hydroxyl groups is 1. The Balaban J connectivity index is 1.90. The summed E-state index contributed by atoms with van der Waals surface area (Å²) < 4.78 is 0. The van der Waals surface area contributed by atoms with E-state index in [0.29, 0.717) is 5.92 Å². The van der Waals surface area contributed by atoms with Crippen molar-refractivity contribution < 1.29 is 5.11 Å². The van der Waals surface area contributed by atoms with E-state index in [0.717, 1.165) is 25.2 Å². The van der Waals surface area contributed by atoms with Crippen LogP contribution in [-0.4, -0.2) is 28.5 Å². The molecule has 19 heavy (non-hydrogen) atoms. The number of hydrogen-bond donors (Lipinski definition) is 2. The van der Waals surface area contributed by atoms with E-state index in [-0.39, 0.29) is 6.61 Å². The van der Waals surface area contributed by atoms with Crippen LogP contribution in [0.25, 0.3) is 0 Å². The van der Waals surface area contributed by atoms with Gasteiger partial charge in [-0.05, 0) is 25.0 Å². The molecule has 2 N–H and O–H groups in total. The minimum Gasteiger partial charge on any atom is -0.396 e. The predicted octanol–water partition coefficient (Wildman–Crippen LogP) is 1.89. The van der Waals surface area contributed by atoms with Gasteiger partial charge in [0.1, 0.15) is 0 Å². The van der Waals surface area contributed by atoms with Gasteiger partial charge >= 0.3 is 0 Å². The van der Waals surface area contributed by atoms with E-state index in [1.54, 1.807) is 0 Å². The average Bonchev–Trinajstić information content (AvgIpc) is 2.84. The van der Waals surface area contributed by atoms with Gasteiger partial charge in [-0.1, -0.05) is 18.2 Å². The van der Waals surface area contributed by atoms with Crippen LogP contribution in [0.4, 0.5) is 5.69 Å². The van der Waals surface area contributed by atoms with Crippen molar-refractivity contribution in [3.63, 3.8) is 0 Å². The fourth-order valence-corrected chi connectivity index (χ4v) is 2.79. The normalized spacial score (nSPS) is 18.4. The molecule has 3 rings (SSSR count). The maximum Gasteiger partial charge on any atom is 0.0540 e. The number of nitrogens with zero attached hydrogens (tertiary/aromatic N) is 2. The molecule has 1 aromatic heterocycles. The van der Waals surface area contributed by atoms with Gasteiger partial charge in [0, 0.05) is 42.6 Å². The smallest absolute Gasteiger partial charge is 0.0540 e. The first-order valence-electron chi connectivity index (χ1n) is 6.70. The summed E-state index contributed by atoms with van der Waals surface area (Å²) in [5, 5.41) is 16.5. The van der Waals surface area contributed by atoms with E-state index in [2.05, 4.69) is 39.4 Å². The van der Waals surface area contributed by atoms with E-state index in [1.807, 2.05) is 13.1 Å². The maximum atomic E-state index is 9.47. The summed E-state index contributed by atoms with van der Waals surface area (Å²) in [4.78, 5) is 2.34. The fourth-order valence-electron chi connectivity index (χ4n) is 2.79. The van der Waals surface area contributed by atoms with E-state index < -0.39 is 0 Å². The molecule has 0 bridgehead atoms. The molecule has 0 radical (unpaired) electrons. The molecule has 0 aliphatic carbocycles. The highest BCUT2D eigenvalue weighted by Gasteiger charge is 2.24. The minimum absolute atomic E-state index is 0.245. The molecule has 4 nitrogen and oxygen atoms in total. The summed E-state index contributed by atoms with van der Waals surface area (Å²) in [5.74, 6) is 0.321. The summed E-state index contributed by atoms with van der Waals surface area (Å²) in [6.07, 6.45) is 2.86. The first-order valence-corrected chi connectivity index (χ1v) is 6.70. The molecule has 1 aliphatic heterocycles. The molecule has 1 unspecified atom stereocenters. The third-order valence-electron chi connectivity index (χ3n) is 3.87. The van der Waals surface area contributed by atoms with E-state index >= 15 is 0 Å². The van der Waals surface area contributed by atoms with Crippen molar-refractivity contribution in [3.8, 4) is 0 Å². The third-order valence-corrected chi connectivity index (χ3v) is 3.87. The van der Waals surface area contributed by atoms with Gasteiger partial charge in [0.25, 0.3) is 0 Å². The molecular formula is C15H19N3O. The van der Waals surface area contributed by atoms with Crippen LogP contribution in [0, 0.1) is 12.8 Å². The van der Waals surface area contributed by atoms with Gasteiger partial charge < -0.3 is 10.0 Å². The van der Waals surface area contributed by atoms with Crippen LogP contribution in [0.5, 0.6) is 0 Å². The van der Waals surface area contributed by atoms with Crippen LogP contribution in [0.15, 0.2) is 30.5 Å². The lowest BCUT2D eigenvalue weighted by Crippen LogP contribution is -2.36. The molecule has 1 aliphatic rings. The Morgan fingerprint density at radius 2 is 2.26 bits per heavy atom. The monoisotopic (exact) mass is 257 g/mol. The van der Waals surface area contributed by atoms with Gasteiger partial charge in [0.2, 0.25) is 0 Å². The fraction of sp³-hybridized carbons (Fsp3) is 0.400. The molecule has 100 valence electrons. The Morgan fingerprint density at radius 3 is 3.00 bits per heavy atom. The molecule has 1 aromatic carbocycles. The van der Waals surface area contributed by atoms with E-state index in [9.17, 15) is 5.11 Å². The molecule has 4 heteroatoms. The standard InChI is InChI=1S/C15H19N3O/c1-11-14(7-16-17-11)9-18-8-12(10-19)6-13-4-2-3-5-15(13)18/h2-5,7,12,19H,6,8-10H2,1H3,(H,16,17). The average molecular weight is 257 g/mol. The largest absolute Gasteiger partial charge is 0.396 e. The van der Waals surface area contributed by atoms with Crippen molar-refractivity contribution in [2.45, 2.75) is 19.9 Å². The number of hydrogen-bond acceptors (Lipinski definition) is 3. The number of para-hydroxylation sites is 1. The highest BCUT2D eigenvalue weighted by atomic mass is 16.3. The molecule has 0 spiro atoms. The summed E-state index contributed by atoms with van der Waals surface area (Å²) in [6.45, 7) is 4.03. The van der Waals surface area contributed by atoms with Crippen molar-refractivity contribution in [1.29, 1.82) is 0 Å². The zero-order valence-electron chi connectivity index (χ0n) is 11.1.